The Bertz CT molecular complexity index is 1350. The summed E-state index contributed by atoms with van der Waals surface area (Å²) < 4.78 is 28.4. The normalized spacial score (nSPS) is 10.7. The number of nitrogens with one attached hydrogen (secondary N) is 1. The molecule has 3 aromatic carbocycles. The molecule has 3 aromatic rings. The summed E-state index contributed by atoms with van der Waals surface area (Å²) in [6.07, 6.45) is 1.36. The highest BCUT2D eigenvalue weighted by Gasteiger charge is 2.20. The van der Waals surface area contributed by atoms with Crippen LogP contribution in [0.4, 0.5) is 0 Å². The summed E-state index contributed by atoms with van der Waals surface area (Å²) in [7, 11) is 4.37. The SMILES string of the molecule is COc1cc(C(=O)Oc2c(Br)cc(Br)cc2C=NNC(=O)COc2cc(C)ccc2C)cc(OC)c1OC. The van der Waals surface area contributed by atoms with Gasteiger partial charge in [0.2, 0.25) is 5.75 Å². The van der Waals surface area contributed by atoms with Gasteiger partial charge < -0.3 is 23.7 Å². The summed E-state index contributed by atoms with van der Waals surface area (Å²) in [5, 5.41) is 4.00. The molecular weight excluding hydrogens is 624 g/mol. The Morgan fingerprint density at radius 2 is 1.58 bits per heavy atom. The van der Waals surface area contributed by atoms with Crippen LogP contribution in [0.5, 0.6) is 28.7 Å². The summed E-state index contributed by atoms with van der Waals surface area (Å²) in [5.74, 6) is 0.654. The second kappa shape index (κ2) is 13.3. The molecule has 0 fully saturated rings. The van der Waals surface area contributed by atoms with Crippen molar-refractivity contribution in [2.45, 2.75) is 13.8 Å². The molecule has 11 heteroatoms. The molecule has 0 atom stereocenters. The maximum absolute atomic E-state index is 13.1. The van der Waals surface area contributed by atoms with E-state index in [1.165, 1.54) is 39.7 Å². The van der Waals surface area contributed by atoms with Gasteiger partial charge in [0, 0.05) is 10.0 Å². The zero-order valence-corrected chi connectivity index (χ0v) is 24.6. The second-order valence-corrected chi connectivity index (χ2v) is 9.73. The van der Waals surface area contributed by atoms with Gasteiger partial charge in [0.25, 0.3) is 5.91 Å². The zero-order valence-electron chi connectivity index (χ0n) is 21.4. The van der Waals surface area contributed by atoms with E-state index in [9.17, 15) is 9.59 Å². The van der Waals surface area contributed by atoms with Crippen LogP contribution in [0, 0.1) is 13.8 Å². The number of amides is 1. The lowest BCUT2D eigenvalue weighted by atomic mass is 10.1. The monoisotopic (exact) mass is 648 g/mol. The van der Waals surface area contributed by atoms with Crippen molar-refractivity contribution in [1.82, 2.24) is 5.43 Å². The minimum atomic E-state index is -0.673. The van der Waals surface area contributed by atoms with Crippen molar-refractivity contribution in [3.63, 3.8) is 0 Å². The zero-order chi connectivity index (χ0) is 27.8. The number of benzene rings is 3. The highest BCUT2D eigenvalue weighted by molar-refractivity contribution is 9.11. The Kier molecular flexibility index (Phi) is 10.1. The van der Waals surface area contributed by atoms with E-state index in [0.717, 1.165) is 11.1 Å². The van der Waals surface area contributed by atoms with Crippen molar-refractivity contribution in [2.24, 2.45) is 5.10 Å². The van der Waals surface area contributed by atoms with Gasteiger partial charge in [-0.05, 0) is 71.2 Å². The molecule has 0 unspecified atom stereocenters. The van der Waals surface area contributed by atoms with Gasteiger partial charge in [0.05, 0.1) is 37.6 Å². The first kappa shape index (κ1) is 29.0. The molecule has 200 valence electrons. The van der Waals surface area contributed by atoms with Crippen molar-refractivity contribution >= 4 is 50.0 Å². The molecule has 0 aliphatic rings. The molecule has 0 aliphatic carbocycles. The summed E-state index contributed by atoms with van der Waals surface area (Å²) >= 11 is 6.83. The lowest BCUT2D eigenvalue weighted by Gasteiger charge is -2.15. The van der Waals surface area contributed by atoms with Crippen molar-refractivity contribution in [1.29, 1.82) is 0 Å². The van der Waals surface area contributed by atoms with E-state index in [1.807, 2.05) is 32.0 Å². The van der Waals surface area contributed by atoms with Crippen LogP contribution in [-0.4, -0.2) is 46.0 Å². The van der Waals surface area contributed by atoms with Crippen LogP contribution in [0.15, 0.2) is 56.5 Å². The molecule has 1 amide bonds. The maximum Gasteiger partial charge on any atom is 0.343 e. The average molecular weight is 650 g/mol. The predicted octanol–water partition coefficient (Wildman–Crippen LogP) is 5.60. The molecule has 1 N–H and O–H groups in total. The predicted molar refractivity (Wildman–Crippen MR) is 150 cm³/mol. The molecular formula is C27H26Br2N2O7. The van der Waals surface area contributed by atoms with Gasteiger partial charge in [0.15, 0.2) is 23.9 Å². The molecule has 38 heavy (non-hydrogen) atoms. The minimum absolute atomic E-state index is 0.175. The lowest BCUT2D eigenvalue weighted by Crippen LogP contribution is -2.24. The van der Waals surface area contributed by atoms with Crippen LogP contribution in [0.3, 0.4) is 0 Å². The van der Waals surface area contributed by atoms with E-state index >= 15 is 0 Å². The minimum Gasteiger partial charge on any atom is -0.493 e. The average Bonchev–Trinajstić information content (AvgIpc) is 2.89. The molecule has 0 aliphatic heterocycles. The molecule has 0 aromatic heterocycles. The highest BCUT2D eigenvalue weighted by Crippen LogP contribution is 2.39. The summed E-state index contributed by atoms with van der Waals surface area (Å²) in [4.78, 5) is 25.3. The first-order valence-corrected chi connectivity index (χ1v) is 12.8. The number of carbonyl (C=O) groups is 2. The number of halogens is 2. The fourth-order valence-corrected chi connectivity index (χ4v) is 4.69. The Morgan fingerprint density at radius 3 is 2.21 bits per heavy atom. The van der Waals surface area contributed by atoms with E-state index in [1.54, 1.807) is 12.1 Å². The molecule has 9 nitrogen and oxygen atoms in total. The number of aryl methyl sites for hydroxylation is 2. The van der Waals surface area contributed by atoms with Crippen LogP contribution in [0.25, 0.3) is 0 Å². The maximum atomic E-state index is 13.1. The van der Waals surface area contributed by atoms with Crippen molar-refractivity contribution < 1.29 is 33.3 Å². The van der Waals surface area contributed by atoms with Gasteiger partial charge >= 0.3 is 5.97 Å². The third-order valence-corrected chi connectivity index (χ3v) is 6.27. The molecule has 0 bridgehead atoms. The third-order valence-electron chi connectivity index (χ3n) is 5.23. The molecule has 3 rings (SSSR count). The van der Waals surface area contributed by atoms with Crippen molar-refractivity contribution in [2.75, 3.05) is 27.9 Å². The van der Waals surface area contributed by atoms with Crippen LogP contribution in [0.2, 0.25) is 0 Å². The highest BCUT2D eigenvalue weighted by atomic mass is 79.9. The molecule has 0 saturated heterocycles. The quantitative estimate of drug-likeness (QED) is 0.132. The van der Waals surface area contributed by atoms with Gasteiger partial charge in [-0.15, -0.1) is 0 Å². The summed E-state index contributed by atoms with van der Waals surface area (Å²) in [5.41, 5.74) is 4.96. The number of hydrazone groups is 1. The van der Waals surface area contributed by atoms with Gasteiger partial charge in [-0.3, -0.25) is 4.79 Å². The standard InChI is InChI=1S/C27H26Br2N2O7/c1-15-6-7-16(2)21(8-15)37-14-24(32)31-30-13-18-9-19(28)12-20(29)25(18)38-27(33)17-10-22(34-3)26(36-5)23(11-17)35-4/h6-13H,14H2,1-5H3,(H,31,32). The van der Waals surface area contributed by atoms with Gasteiger partial charge in [0.1, 0.15) is 5.75 Å². The lowest BCUT2D eigenvalue weighted by molar-refractivity contribution is -0.123. The second-order valence-electron chi connectivity index (χ2n) is 7.96. The first-order valence-electron chi connectivity index (χ1n) is 11.2. The molecule has 0 radical (unpaired) electrons. The Balaban J connectivity index is 1.76. The van der Waals surface area contributed by atoms with Crippen molar-refractivity contribution in [3.05, 3.63) is 73.7 Å². The van der Waals surface area contributed by atoms with Gasteiger partial charge in [-0.1, -0.05) is 28.1 Å². The van der Waals surface area contributed by atoms with Crippen LogP contribution in [0.1, 0.15) is 27.0 Å². The number of hydrogen-bond donors (Lipinski definition) is 1. The van der Waals surface area contributed by atoms with Crippen LogP contribution < -0.4 is 29.1 Å². The number of hydrogen-bond acceptors (Lipinski definition) is 8. The first-order chi connectivity index (χ1) is 18.2. The molecule has 0 saturated carbocycles. The topological polar surface area (TPSA) is 105 Å². The van der Waals surface area contributed by atoms with E-state index in [-0.39, 0.29) is 17.9 Å². The smallest absolute Gasteiger partial charge is 0.343 e. The third kappa shape index (κ3) is 7.26. The number of rotatable bonds is 10. The summed E-state index contributed by atoms with van der Waals surface area (Å²) in [6.45, 7) is 3.63. The van der Waals surface area contributed by atoms with Crippen molar-refractivity contribution in [3.8, 4) is 28.7 Å². The Morgan fingerprint density at radius 1 is 0.895 bits per heavy atom. The van der Waals surface area contributed by atoms with E-state index in [2.05, 4.69) is 42.4 Å². The largest absolute Gasteiger partial charge is 0.493 e. The summed E-state index contributed by atoms with van der Waals surface area (Å²) in [6, 6.07) is 12.1. The number of esters is 1. The number of nitrogens with zero attached hydrogens (tertiary/aromatic N) is 1. The molecule has 0 spiro atoms. The van der Waals surface area contributed by atoms with Crippen LogP contribution in [-0.2, 0) is 4.79 Å². The van der Waals surface area contributed by atoms with Gasteiger partial charge in [-0.2, -0.15) is 5.10 Å². The van der Waals surface area contributed by atoms with E-state index in [4.69, 9.17) is 23.7 Å². The Labute approximate surface area is 237 Å². The fourth-order valence-electron chi connectivity index (χ4n) is 3.35. The Hall–Kier alpha value is -3.57. The molecule has 0 heterocycles. The van der Waals surface area contributed by atoms with E-state index in [0.29, 0.717) is 37.5 Å². The van der Waals surface area contributed by atoms with Crippen LogP contribution >= 0.6 is 31.9 Å². The van der Waals surface area contributed by atoms with E-state index < -0.39 is 11.9 Å². The number of ether oxygens (including phenoxy) is 5. The number of methoxy groups -OCH3 is 3. The number of carbonyl (C=O) groups excluding carboxylic acids is 2. The van der Waals surface area contributed by atoms with Gasteiger partial charge in [-0.25, -0.2) is 10.2 Å². The fraction of sp³-hybridized carbons (Fsp3) is 0.222.